The molecule has 0 atom stereocenters. The molecule has 0 aromatic heterocycles. The molecule has 2 aromatic rings. The summed E-state index contributed by atoms with van der Waals surface area (Å²) in [6.45, 7) is 0. The molecule has 2 aromatic carbocycles. The zero-order valence-corrected chi connectivity index (χ0v) is 8.25. The molecular weight excluding hydrogens is 194 g/mol. The molecule has 0 aliphatic carbocycles. The maximum Gasteiger partial charge on any atom is 0.0998 e. The molecule has 0 saturated heterocycles. The monoisotopic (exact) mass is 201 g/mol. The molecule has 0 N–H and O–H groups in total. The molecule has 0 spiro atoms. The first kappa shape index (κ1) is 9.05. The van der Waals surface area contributed by atoms with Crippen LogP contribution in [0.3, 0.4) is 0 Å². The Morgan fingerprint density at radius 2 is 1.79 bits per heavy atom. The average molecular weight is 202 g/mol. The van der Waals surface area contributed by atoms with Crippen LogP contribution in [0.4, 0.5) is 0 Å². The van der Waals surface area contributed by atoms with Crippen molar-refractivity contribution in [2.45, 2.75) is 5.88 Å². The van der Waals surface area contributed by atoms with E-state index in [2.05, 4.69) is 6.07 Å². The molecule has 14 heavy (non-hydrogen) atoms. The summed E-state index contributed by atoms with van der Waals surface area (Å²) in [7, 11) is 0. The number of hydrogen-bond donors (Lipinski definition) is 0. The number of halogens is 1. The molecule has 1 nitrogen and oxygen atoms in total. The summed E-state index contributed by atoms with van der Waals surface area (Å²) in [6, 6.07) is 13.7. The fraction of sp³-hybridized carbons (Fsp3) is 0.0833. The largest absolute Gasteiger partial charge is 0.192 e. The third-order valence-electron chi connectivity index (χ3n) is 2.28. The first-order valence-corrected chi connectivity index (χ1v) is 4.87. The number of hydrogen-bond acceptors (Lipinski definition) is 1. The molecular formula is C12H8ClN. The van der Waals surface area contributed by atoms with E-state index in [0.717, 1.165) is 16.3 Å². The lowest BCUT2D eigenvalue weighted by Crippen LogP contribution is -1.84. The maximum absolute atomic E-state index is 8.92. The summed E-state index contributed by atoms with van der Waals surface area (Å²) in [5, 5.41) is 11.0. The molecule has 68 valence electrons. The van der Waals surface area contributed by atoms with Gasteiger partial charge in [0.15, 0.2) is 0 Å². The van der Waals surface area contributed by atoms with Gasteiger partial charge in [0.2, 0.25) is 0 Å². The zero-order valence-electron chi connectivity index (χ0n) is 7.50. The third-order valence-corrected chi connectivity index (χ3v) is 2.56. The second-order valence-corrected chi connectivity index (χ2v) is 3.33. The van der Waals surface area contributed by atoms with E-state index < -0.39 is 0 Å². The van der Waals surface area contributed by atoms with Crippen molar-refractivity contribution >= 4 is 22.4 Å². The van der Waals surface area contributed by atoms with Crippen LogP contribution in [0.25, 0.3) is 10.8 Å². The summed E-state index contributed by atoms with van der Waals surface area (Å²) in [5.74, 6) is 0.478. The molecule has 0 fully saturated rings. The van der Waals surface area contributed by atoms with Gasteiger partial charge >= 0.3 is 0 Å². The van der Waals surface area contributed by atoms with E-state index in [4.69, 9.17) is 16.9 Å². The van der Waals surface area contributed by atoms with Gasteiger partial charge in [0, 0.05) is 5.88 Å². The van der Waals surface area contributed by atoms with Gasteiger partial charge in [-0.3, -0.25) is 0 Å². The molecule has 0 heterocycles. The Hall–Kier alpha value is -1.52. The lowest BCUT2D eigenvalue weighted by atomic mass is 10.0. The summed E-state index contributed by atoms with van der Waals surface area (Å²) >= 11 is 5.82. The first-order valence-electron chi connectivity index (χ1n) is 4.33. The topological polar surface area (TPSA) is 23.8 Å². The number of nitrogens with zero attached hydrogens (tertiary/aromatic N) is 1. The van der Waals surface area contributed by atoms with Gasteiger partial charge in [0.25, 0.3) is 0 Å². The fourth-order valence-electron chi connectivity index (χ4n) is 1.59. The maximum atomic E-state index is 8.92. The van der Waals surface area contributed by atoms with Crippen LogP contribution in [-0.2, 0) is 5.88 Å². The van der Waals surface area contributed by atoms with E-state index in [0.29, 0.717) is 11.4 Å². The predicted molar refractivity (Wildman–Crippen MR) is 58.2 cm³/mol. The van der Waals surface area contributed by atoms with E-state index in [1.54, 1.807) is 0 Å². The number of fused-ring (bicyclic) bond motifs is 1. The number of alkyl halides is 1. The van der Waals surface area contributed by atoms with Gasteiger partial charge in [-0.15, -0.1) is 11.6 Å². The zero-order chi connectivity index (χ0) is 9.97. The second kappa shape index (κ2) is 3.69. The number of nitriles is 1. The van der Waals surface area contributed by atoms with Gasteiger partial charge in [-0.05, 0) is 22.4 Å². The van der Waals surface area contributed by atoms with Crippen LogP contribution in [0.2, 0.25) is 0 Å². The number of benzene rings is 2. The molecule has 0 radical (unpaired) electrons. The lowest BCUT2D eigenvalue weighted by molar-refractivity contribution is 1.44. The van der Waals surface area contributed by atoms with Crippen LogP contribution in [0.15, 0.2) is 36.4 Å². The summed E-state index contributed by atoms with van der Waals surface area (Å²) in [6.07, 6.45) is 0. The van der Waals surface area contributed by atoms with Crippen molar-refractivity contribution in [1.29, 1.82) is 5.26 Å². The van der Waals surface area contributed by atoms with Crippen LogP contribution in [0, 0.1) is 11.3 Å². The first-order chi connectivity index (χ1) is 6.86. The Morgan fingerprint density at radius 3 is 2.50 bits per heavy atom. The Kier molecular flexibility index (Phi) is 2.39. The summed E-state index contributed by atoms with van der Waals surface area (Å²) in [4.78, 5) is 0. The van der Waals surface area contributed by atoms with Gasteiger partial charge in [-0.1, -0.05) is 30.3 Å². The third kappa shape index (κ3) is 1.34. The van der Waals surface area contributed by atoms with Crippen molar-refractivity contribution in [3.05, 3.63) is 47.5 Å². The van der Waals surface area contributed by atoms with Gasteiger partial charge in [-0.2, -0.15) is 5.26 Å². The Balaban J connectivity index is 2.86. The van der Waals surface area contributed by atoms with Crippen molar-refractivity contribution in [2.24, 2.45) is 0 Å². The normalized spacial score (nSPS) is 10.0. The van der Waals surface area contributed by atoms with Crippen molar-refractivity contribution in [1.82, 2.24) is 0 Å². The number of rotatable bonds is 1. The molecule has 2 heteroatoms. The standard InChI is InChI=1S/C12H8ClN/c13-7-9-3-1-6-12-10(8-14)4-2-5-11(9)12/h1-6H,7H2. The van der Waals surface area contributed by atoms with Crippen LogP contribution >= 0.6 is 11.6 Å². The molecule has 0 unspecified atom stereocenters. The van der Waals surface area contributed by atoms with Crippen LogP contribution in [-0.4, -0.2) is 0 Å². The highest BCUT2D eigenvalue weighted by molar-refractivity contribution is 6.18. The van der Waals surface area contributed by atoms with Crippen molar-refractivity contribution in [3.63, 3.8) is 0 Å². The van der Waals surface area contributed by atoms with Crippen molar-refractivity contribution < 1.29 is 0 Å². The highest BCUT2D eigenvalue weighted by atomic mass is 35.5. The van der Waals surface area contributed by atoms with Gasteiger partial charge in [0.1, 0.15) is 0 Å². The van der Waals surface area contributed by atoms with Crippen molar-refractivity contribution in [3.8, 4) is 6.07 Å². The lowest BCUT2D eigenvalue weighted by Gasteiger charge is -2.03. The van der Waals surface area contributed by atoms with Crippen LogP contribution < -0.4 is 0 Å². The average Bonchev–Trinajstić information content (AvgIpc) is 2.27. The smallest absolute Gasteiger partial charge is 0.0998 e. The van der Waals surface area contributed by atoms with E-state index in [1.165, 1.54) is 0 Å². The summed E-state index contributed by atoms with van der Waals surface area (Å²) < 4.78 is 0. The minimum atomic E-state index is 0.478. The molecule has 0 bridgehead atoms. The van der Waals surface area contributed by atoms with E-state index in [1.807, 2.05) is 36.4 Å². The molecule has 0 aliphatic heterocycles. The summed E-state index contributed by atoms with van der Waals surface area (Å²) in [5.41, 5.74) is 1.77. The van der Waals surface area contributed by atoms with E-state index in [9.17, 15) is 0 Å². The molecule has 0 amide bonds. The Labute approximate surface area is 87.5 Å². The second-order valence-electron chi connectivity index (χ2n) is 3.06. The quantitative estimate of drug-likeness (QED) is 0.649. The Morgan fingerprint density at radius 1 is 1.07 bits per heavy atom. The van der Waals surface area contributed by atoms with Crippen molar-refractivity contribution in [2.75, 3.05) is 0 Å². The fourth-order valence-corrected chi connectivity index (χ4v) is 1.82. The van der Waals surface area contributed by atoms with E-state index >= 15 is 0 Å². The van der Waals surface area contributed by atoms with Gasteiger partial charge in [-0.25, -0.2) is 0 Å². The molecule has 2 rings (SSSR count). The highest BCUT2D eigenvalue weighted by Gasteiger charge is 2.02. The van der Waals surface area contributed by atoms with E-state index in [-0.39, 0.29) is 0 Å². The molecule has 0 aliphatic rings. The van der Waals surface area contributed by atoms with Crippen LogP contribution in [0.5, 0.6) is 0 Å². The minimum Gasteiger partial charge on any atom is -0.192 e. The Bertz CT molecular complexity index is 511. The highest BCUT2D eigenvalue weighted by Crippen LogP contribution is 2.22. The molecule has 0 saturated carbocycles. The van der Waals surface area contributed by atoms with Crippen LogP contribution in [0.1, 0.15) is 11.1 Å². The predicted octanol–water partition coefficient (Wildman–Crippen LogP) is 3.45. The minimum absolute atomic E-state index is 0.478. The van der Waals surface area contributed by atoms with Gasteiger partial charge < -0.3 is 0 Å². The van der Waals surface area contributed by atoms with Gasteiger partial charge in [0.05, 0.1) is 11.6 Å². The SMILES string of the molecule is N#Cc1cccc2c(CCl)cccc12.